The van der Waals surface area contributed by atoms with Crippen LogP contribution in [-0.4, -0.2) is 27.0 Å². The van der Waals surface area contributed by atoms with Gasteiger partial charge >= 0.3 is 6.09 Å². The van der Waals surface area contributed by atoms with Crippen molar-refractivity contribution in [2.75, 3.05) is 6.54 Å². The molecular weight excluding hydrogens is 363 g/mol. The van der Waals surface area contributed by atoms with Crippen molar-refractivity contribution < 1.29 is 18.8 Å². The summed E-state index contributed by atoms with van der Waals surface area (Å²) in [5.41, 5.74) is 0.508. The summed E-state index contributed by atoms with van der Waals surface area (Å²) >= 11 is 1.77. The standard InChI is InChI=1S/C13H18BrFN2O3S/c1-13(2,3)21(20)17-11(7-16-12(18)19)8-4-9(14)6-10(15)5-8/h4-6,11,16-17H,7H2,1-3H3,(H,18,19)/t11-,21-/m1/s1. The molecule has 0 aliphatic carbocycles. The van der Waals surface area contributed by atoms with Gasteiger partial charge in [-0.2, -0.15) is 0 Å². The lowest BCUT2D eigenvalue weighted by Crippen LogP contribution is -2.44. The van der Waals surface area contributed by atoms with Gasteiger partial charge in [0, 0.05) is 22.4 Å². The number of nitrogens with one attached hydrogen (secondary N) is 2. The second-order valence-electron chi connectivity index (χ2n) is 5.44. The van der Waals surface area contributed by atoms with Gasteiger partial charge in [0.1, 0.15) is 10.6 Å². The van der Waals surface area contributed by atoms with Crippen molar-refractivity contribution in [2.24, 2.45) is 0 Å². The first kappa shape index (κ1) is 18.2. The van der Waals surface area contributed by atoms with Crippen LogP contribution in [0.15, 0.2) is 22.7 Å². The van der Waals surface area contributed by atoms with Gasteiger partial charge in [-0.05, 0) is 44.5 Å². The molecule has 5 nitrogen and oxygen atoms in total. The van der Waals surface area contributed by atoms with Gasteiger partial charge in [0.05, 0.1) is 6.04 Å². The molecule has 0 fully saturated rings. The molecule has 0 aliphatic heterocycles. The quantitative estimate of drug-likeness (QED) is 0.685. The number of halogens is 2. The van der Waals surface area contributed by atoms with E-state index in [1.165, 1.54) is 12.1 Å². The van der Waals surface area contributed by atoms with E-state index in [9.17, 15) is 13.7 Å². The van der Waals surface area contributed by atoms with Gasteiger partial charge in [0.15, 0.2) is 0 Å². The Kier molecular flexibility index (Phi) is 6.45. The molecule has 118 valence electrons. The van der Waals surface area contributed by atoms with Gasteiger partial charge in [-0.1, -0.05) is 15.9 Å². The van der Waals surface area contributed by atoms with Crippen LogP contribution in [0.4, 0.5) is 9.18 Å². The topological polar surface area (TPSA) is 84.4 Å². The minimum atomic E-state index is -1.42. The highest BCUT2D eigenvalue weighted by atomic mass is 79.9. The lowest BCUT2D eigenvalue weighted by Gasteiger charge is -2.28. The van der Waals surface area contributed by atoms with Crippen LogP contribution < -0.4 is 10.0 Å². The predicted molar refractivity (Wildman–Crippen MR) is 83.9 cm³/mol. The van der Waals surface area contributed by atoms with E-state index in [1.54, 1.807) is 26.8 Å². The van der Waals surface area contributed by atoms with Crippen molar-refractivity contribution >= 4 is 33.4 Å². The number of carboxylic acid groups (broad SMARTS) is 1. The summed E-state index contributed by atoms with van der Waals surface area (Å²) in [6.07, 6.45) is -1.20. The van der Waals surface area contributed by atoms with Gasteiger partial charge in [0.25, 0.3) is 0 Å². The number of rotatable bonds is 5. The van der Waals surface area contributed by atoms with Gasteiger partial charge < -0.3 is 15.0 Å². The van der Waals surface area contributed by atoms with E-state index in [0.717, 1.165) is 0 Å². The van der Waals surface area contributed by atoms with E-state index < -0.39 is 34.1 Å². The van der Waals surface area contributed by atoms with Crippen molar-refractivity contribution in [1.82, 2.24) is 10.0 Å². The van der Waals surface area contributed by atoms with Crippen LogP contribution >= 0.6 is 15.9 Å². The maximum Gasteiger partial charge on any atom is 0.404 e. The monoisotopic (exact) mass is 380 g/mol. The number of carbonyl (C=O) groups is 1. The number of hydrogen-bond acceptors (Lipinski definition) is 3. The molecule has 0 saturated carbocycles. The average Bonchev–Trinajstić information content (AvgIpc) is 2.31. The summed E-state index contributed by atoms with van der Waals surface area (Å²) in [7, 11) is 0. The van der Waals surface area contributed by atoms with Crippen LogP contribution in [0.3, 0.4) is 0 Å². The molecule has 1 aromatic carbocycles. The van der Waals surface area contributed by atoms with E-state index in [1.807, 2.05) is 0 Å². The van der Waals surface area contributed by atoms with Gasteiger partial charge in [-0.25, -0.2) is 9.18 Å². The van der Waals surface area contributed by atoms with Crippen molar-refractivity contribution in [1.29, 1.82) is 0 Å². The molecule has 0 saturated heterocycles. The van der Waals surface area contributed by atoms with E-state index in [4.69, 9.17) is 5.11 Å². The molecule has 0 aliphatic rings. The fourth-order valence-electron chi connectivity index (χ4n) is 1.50. The zero-order valence-electron chi connectivity index (χ0n) is 11.9. The molecule has 3 N–H and O–H groups in total. The Labute approximate surface area is 134 Å². The van der Waals surface area contributed by atoms with Crippen molar-refractivity contribution in [3.8, 4) is 0 Å². The Morgan fingerprint density at radius 2 is 2.10 bits per heavy atom. The Balaban J connectivity index is 2.98. The molecule has 1 amide bonds. The molecule has 21 heavy (non-hydrogen) atoms. The third-order valence-electron chi connectivity index (χ3n) is 2.55. The van der Waals surface area contributed by atoms with Crippen LogP contribution in [0.1, 0.15) is 32.4 Å². The normalized spacial score (nSPS) is 14.6. The molecule has 1 aromatic rings. The summed E-state index contributed by atoms with van der Waals surface area (Å²) in [5, 5.41) is 10.9. The van der Waals surface area contributed by atoms with Crippen LogP contribution in [-0.2, 0) is 11.4 Å². The fraction of sp³-hybridized carbons (Fsp3) is 0.462. The van der Waals surface area contributed by atoms with E-state index in [0.29, 0.717) is 10.0 Å². The van der Waals surface area contributed by atoms with Gasteiger partial charge in [-0.3, -0.25) is 0 Å². The highest BCUT2D eigenvalue weighted by Crippen LogP contribution is 2.23. The zero-order chi connectivity index (χ0) is 16.2. The van der Waals surface area contributed by atoms with Crippen LogP contribution in [0.2, 0.25) is 0 Å². The fourth-order valence-corrected chi connectivity index (χ4v) is 2.81. The Morgan fingerprint density at radius 1 is 1.48 bits per heavy atom. The molecule has 2 atom stereocenters. The second-order valence-corrected chi connectivity index (χ2v) is 8.35. The lowest BCUT2D eigenvalue weighted by molar-refractivity contribution is 0.193. The maximum atomic E-state index is 13.5. The first-order valence-corrected chi connectivity index (χ1v) is 8.14. The van der Waals surface area contributed by atoms with E-state index in [2.05, 4.69) is 26.0 Å². The average molecular weight is 381 g/mol. The molecule has 8 heteroatoms. The molecule has 0 aromatic heterocycles. The third-order valence-corrected chi connectivity index (χ3v) is 4.62. The van der Waals surface area contributed by atoms with Gasteiger partial charge in [-0.15, -0.1) is 4.72 Å². The largest absolute Gasteiger partial charge is 0.598 e. The van der Waals surface area contributed by atoms with Crippen molar-refractivity contribution in [3.05, 3.63) is 34.1 Å². The molecule has 0 heterocycles. The Hall–Kier alpha value is -0.830. The van der Waals surface area contributed by atoms with E-state index in [-0.39, 0.29) is 6.54 Å². The summed E-state index contributed by atoms with van der Waals surface area (Å²) in [4.78, 5) is 10.7. The first-order chi connectivity index (χ1) is 9.59. The third kappa shape index (κ3) is 6.21. The first-order valence-electron chi connectivity index (χ1n) is 6.20. The Morgan fingerprint density at radius 3 is 2.57 bits per heavy atom. The maximum absolute atomic E-state index is 13.5. The molecule has 0 spiro atoms. The van der Waals surface area contributed by atoms with Crippen LogP contribution in [0.5, 0.6) is 0 Å². The highest BCUT2D eigenvalue weighted by Gasteiger charge is 2.30. The molecule has 1 rings (SSSR count). The minimum Gasteiger partial charge on any atom is -0.598 e. The zero-order valence-corrected chi connectivity index (χ0v) is 14.3. The lowest BCUT2D eigenvalue weighted by atomic mass is 10.1. The van der Waals surface area contributed by atoms with Crippen LogP contribution in [0, 0.1) is 5.82 Å². The summed E-state index contributed by atoms with van der Waals surface area (Å²) in [6, 6.07) is 3.63. The number of amides is 1. The van der Waals surface area contributed by atoms with Gasteiger partial charge in [0.2, 0.25) is 0 Å². The summed E-state index contributed by atoms with van der Waals surface area (Å²) in [6.45, 7) is 5.35. The van der Waals surface area contributed by atoms with Crippen molar-refractivity contribution in [2.45, 2.75) is 31.6 Å². The SMILES string of the molecule is CC(C)(C)[S@@+]([O-])N[C@H](CNC(=O)O)c1cc(F)cc(Br)c1. The molecule has 0 radical (unpaired) electrons. The summed E-state index contributed by atoms with van der Waals surface area (Å²) in [5.74, 6) is -0.456. The minimum absolute atomic E-state index is 0.0208. The summed E-state index contributed by atoms with van der Waals surface area (Å²) < 4.78 is 28.5. The van der Waals surface area contributed by atoms with Crippen LogP contribution in [0.25, 0.3) is 0 Å². The second kappa shape index (κ2) is 7.44. The van der Waals surface area contributed by atoms with E-state index >= 15 is 0 Å². The molecular formula is C13H18BrFN2O3S. The predicted octanol–water partition coefficient (Wildman–Crippen LogP) is 2.95. The smallest absolute Gasteiger partial charge is 0.404 e. The molecule has 0 bridgehead atoms. The highest BCUT2D eigenvalue weighted by molar-refractivity contribution is 9.10. The van der Waals surface area contributed by atoms with Crippen molar-refractivity contribution in [3.63, 3.8) is 0 Å². The number of hydrogen-bond donors (Lipinski definition) is 3. The molecule has 0 unspecified atom stereocenters. The Bertz CT molecular complexity index is 490. The number of benzene rings is 1.